The largest absolute Gasteiger partial charge is 0.308 e. The summed E-state index contributed by atoms with van der Waals surface area (Å²) in [5.74, 6) is -0.365. The molecule has 22 heavy (non-hydrogen) atoms. The summed E-state index contributed by atoms with van der Waals surface area (Å²) >= 11 is 0. The third-order valence-corrected chi connectivity index (χ3v) is 3.73. The van der Waals surface area contributed by atoms with Gasteiger partial charge in [0.15, 0.2) is 0 Å². The van der Waals surface area contributed by atoms with Crippen LogP contribution in [0.4, 0.5) is 15.8 Å². The normalized spacial score (nSPS) is 13.9. The van der Waals surface area contributed by atoms with Crippen LogP contribution in [0.3, 0.4) is 0 Å². The second-order valence-corrected chi connectivity index (χ2v) is 5.18. The molecule has 0 spiro atoms. The molecule has 0 unspecified atom stereocenters. The average molecular weight is 300 g/mol. The third-order valence-electron chi connectivity index (χ3n) is 3.73. The van der Waals surface area contributed by atoms with E-state index in [1.807, 2.05) is 0 Å². The van der Waals surface area contributed by atoms with Crippen LogP contribution in [0.15, 0.2) is 42.5 Å². The second kappa shape index (κ2) is 5.55. The first kappa shape index (κ1) is 14.2. The van der Waals surface area contributed by atoms with Gasteiger partial charge in [-0.1, -0.05) is 12.1 Å². The van der Waals surface area contributed by atoms with E-state index >= 15 is 0 Å². The van der Waals surface area contributed by atoms with Crippen LogP contribution in [0.2, 0.25) is 0 Å². The summed E-state index contributed by atoms with van der Waals surface area (Å²) in [7, 11) is 0. The van der Waals surface area contributed by atoms with Gasteiger partial charge in [-0.05, 0) is 35.7 Å². The smallest absolute Gasteiger partial charge is 0.269 e. The number of nitro benzene ring substituents is 1. The molecule has 0 aliphatic carbocycles. The van der Waals surface area contributed by atoms with Gasteiger partial charge in [-0.3, -0.25) is 14.9 Å². The molecule has 112 valence electrons. The lowest BCUT2D eigenvalue weighted by Gasteiger charge is -2.29. The Balaban J connectivity index is 1.93. The van der Waals surface area contributed by atoms with Gasteiger partial charge in [0.1, 0.15) is 5.82 Å². The highest BCUT2D eigenvalue weighted by atomic mass is 19.1. The summed E-state index contributed by atoms with van der Waals surface area (Å²) < 4.78 is 13.0. The Morgan fingerprint density at radius 3 is 2.55 bits per heavy atom. The maximum absolute atomic E-state index is 13.0. The number of benzene rings is 2. The van der Waals surface area contributed by atoms with Gasteiger partial charge in [-0.2, -0.15) is 0 Å². The van der Waals surface area contributed by atoms with E-state index in [1.165, 1.54) is 24.3 Å². The number of carbonyl (C=O) groups excluding carboxylic acids is 1. The maximum Gasteiger partial charge on any atom is 0.269 e. The van der Waals surface area contributed by atoms with Crippen molar-refractivity contribution in [2.45, 2.75) is 19.4 Å². The van der Waals surface area contributed by atoms with Gasteiger partial charge in [0, 0.05) is 24.2 Å². The summed E-state index contributed by atoms with van der Waals surface area (Å²) in [4.78, 5) is 24.2. The number of aryl methyl sites for hydroxylation is 1. The fourth-order valence-electron chi connectivity index (χ4n) is 2.61. The molecule has 0 radical (unpaired) electrons. The first-order chi connectivity index (χ1) is 10.5. The summed E-state index contributed by atoms with van der Waals surface area (Å²) in [5.41, 5.74) is 2.30. The SMILES string of the molecule is O=C1CCc2cc([N+](=O)[O-])ccc2N1Cc1ccc(F)cc1. The predicted molar refractivity (Wildman–Crippen MR) is 79.0 cm³/mol. The van der Waals surface area contributed by atoms with Crippen molar-refractivity contribution in [2.24, 2.45) is 0 Å². The van der Waals surface area contributed by atoms with Crippen LogP contribution in [-0.2, 0) is 17.8 Å². The molecule has 0 saturated heterocycles. The molecule has 0 N–H and O–H groups in total. The van der Waals surface area contributed by atoms with Crippen LogP contribution in [0.5, 0.6) is 0 Å². The number of anilines is 1. The lowest BCUT2D eigenvalue weighted by Crippen LogP contribution is -2.34. The van der Waals surface area contributed by atoms with Crippen molar-refractivity contribution < 1.29 is 14.1 Å². The Bertz CT molecular complexity index is 744. The summed E-state index contributed by atoms with van der Waals surface area (Å²) in [5, 5.41) is 10.8. The van der Waals surface area contributed by atoms with Crippen LogP contribution in [0, 0.1) is 15.9 Å². The van der Waals surface area contributed by atoms with E-state index in [2.05, 4.69) is 0 Å². The van der Waals surface area contributed by atoms with Gasteiger partial charge in [0.25, 0.3) is 5.69 Å². The number of nitro groups is 1. The van der Waals surface area contributed by atoms with Crippen molar-refractivity contribution in [1.29, 1.82) is 0 Å². The van der Waals surface area contributed by atoms with E-state index in [0.717, 1.165) is 11.1 Å². The van der Waals surface area contributed by atoms with Crippen LogP contribution < -0.4 is 4.90 Å². The number of hydrogen-bond donors (Lipinski definition) is 0. The first-order valence-corrected chi connectivity index (χ1v) is 6.87. The van der Waals surface area contributed by atoms with Gasteiger partial charge >= 0.3 is 0 Å². The fraction of sp³-hybridized carbons (Fsp3) is 0.188. The molecule has 1 aliphatic heterocycles. The Hall–Kier alpha value is -2.76. The van der Waals surface area contributed by atoms with E-state index < -0.39 is 4.92 Å². The number of fused-ring (bicyclic) bond motifs is 1. The molecule has 0 atom stereocenters. The van der Waals surface area contributed by atoms with E-state index in [1.54, 1.807) is 23.1 Å². The molecular formula is C16H13FN2O3. The number of halogens is 1. The van der Waals surface area contributed by atoms with Crippen molar-refractivity contribution in [2.75, 3.05) is 4.90 Å². The zero-order valence-electron chi connectivity index (χ0n) is 11.7. The minimum Gasteiger partial charge on any atom is -0.308 e. The third kappa shape index (κ3) is 2.67. The van der Waals surface area contributed by atoms with Crippen LogP contribution in [0.25, 0.3) is 0 Å². The highest BCUT2D eigenvalue weighted by Gasteiger charge is 2.25. The molecule has 1 aliphatic rings. The Labute approximate surface area is 126 Å². The highest BCUT2D eigenvalue weighted by Crippen LogP contribution is 2.32. The number of amides is 1. The quantitative estimate of drug-likeness (QED) is 0.646. The minimum atomic E-state index is -0.443. The van der Waals surface area contributed by atoms with E-state index in [4.69, 9.17) is 0 Å². The fourth-order valence-corrected chi connectivity index (χ4v) is 2.61. The first-order valence-electron chi connectivity index (χ1n) is 6.87. The number of non-ortho nitro benzene ring substituents is 1. The van der Waals surface area contributed by atoms with E-state index in [-0.39, 0.29) is 17.4 Å². The molecule has 0 saturated carbocycles. The van der Waals surface area contributed by atoms with Crippen molar-refractivity contribution in [1.82, 2.24) is 0 Å². The maximum atomic E-state index is 13.0. The Morgan fingerprint density at radius 1 is 1.14 bits per heavy atom. The van der Waals surface area contributed by atoms with Crippen LogP contribution in [-0.4, -0.2) is 10.8 Å². The van der Waals surface area contributed by atoms with Crippen molar-refractivity contribution in [3.8, 4) is 0 Å². The lowest BCUT2D eigenvalue weighted by molar-refractivity contribution is -0.384. The Morgan fingerprint density at radius 2 is 1.86 bits per heavy atom. The topological polar surface area (TPSA) is 63.4 Å². The van der Waals surface area contributed by atoms with Crippen LogP contribution >= 0.6 is 0 Å². The average Bonchev–Trinajstić information content (AvgIpc) is 2.51. The van der Waals surface area contributed by atoms with E-state index in [0.29, 0.717) is 25.1 Å². The molecule has 6 heteroatoms. The van der Waals surface area contributed by atoms with Gasteiger partial charge in [-0.15, -0.1) is 0 Å². The molecule has 0 fully saturated rings. The number of hydrogen-bond acceptors (Lipinski definition) is 3. The molecule has 1 heterocycles. The van der Waals surface area contributed by atoms with Crippen molar-refractivity contribution >= 4 is 17.3 Å². The zero-order valence-corrected chi connectivity index (χ0v) is 11.7. The molecule has 3 rings (SSSR count). The van der Waals surface area contributed by atoms with Gasteiger partial charge in [0.05, 0.1) is 11.5 Å². The molecule has 2 aromatic carbocycles. The predicted octanol–water partition coefficient (Wildman–Crippen LogP) is 3.21. The van der Waals surface area contributed by atoms with Gasteiger partial charge in [-0.25, -0.2) is 4.39 Å². The summed E-state index contributed by atoms with van der Waals surface area (Å²) in [6.07, 6.45) is 0.811. The van der Waals surface area contributed by atoms with Gasteiger partial charge < -0.3 is 4.90 Å². The zero-order chi connectivity index (χ0) is 15.7. The van der Waals surface area contributed by atoms with Gasteiger partial charge in [0.2, 0.25) is 5.91 Å². The number of nitrogens with zero attached hydrogens (tertiary/aromatic N) is 2. The van der Waals surface area contributed by atoms with Crippen LogP contribution in [0.1, 0.15) is 17.5 Å². The van der Waals surface area contributed by atoms with Crippen molar-refractivity contribution in [3.63, 3.8) is 0 Å². The molecule has 0 bridgehead atoms. The number of rotatable bonds is 3. The number of carbonyl (C=O) groups is 1. The van der Waals surface area contributed by atoms with Crippen molar-refractivity contribution in [3.05, 3.63) is 69.5 Å². The molecular weight excluding hydrogens is 287 g/mol. The monoisotopic (exact) mass is 300 g/mol. The summed E-state index contributed by atoms with van der Waals surface area (Å²) in [6, 6.07) is 10.5. The standard InChI is InChI=1S/C16H13FN2O3/c17-13-4-1-11(2-5-13)10-18-15-7-6-14(19(21)22)9-12(15)3-8-16(18)20/h1-2,4-7,9H,3,8,10H2. The molecule has 1 amide bonds. The molecule has 0 aromatic heterocycles. The van der Waals surface area contributed by atoms with E-state index in [9.17, 15) is 19.3 Å². The molecule has 2 aromatic rings. The highest BCUT2D eigenvalue weighted by molar-refractivity contribution is 5.96. The minimum absolute atomic E-state index is 0.0230. The summed E-state index contributed by atoms with van der Waals surface area (Å²) in [6.45, 7) is 0.323. The Kier molecular flexibility index (Phi) is 3.58. The molecule has 5 nitrogen and oxygen atoms in total. The second-order valence-electron chi connectivity index (χ2n) is 5.18. The lowest BCUT2D eigenvalue weighted by atomic mass is 9.99.